The minimum Gasteiger partial charge on any atom is -0.493 e. The zero-order valence-electron chi connectivity index (χ0n) is 16.3. The third kappa shape index (κ3) is 5.17. The summed E-state index contributed by atoms with van der Waals surface area (Å²) in [7, 11) is 4.67. The van der Waals surface area contributed by atoms with Crippen molar-refractivity contribution < 1.29 is 19.0 Å². The van der Waals surface area contributed by atoms with Crippen molar-refractivity contribution in [2.24, 2.45) is 0 Å². The maximum atomic E-state index is 12.6. The predicted octanol–water partition coefficient (Wildman–Crippen LogP) is 3.05. The second-order valence-electron chi connectivity index (χ2n) is 6.38. The number of hydrogen-bond acceptors (Lipinski definition) is 5. The van der Waals surface area contributed by atoms with Crippen molar-refractivity contribution in [1.29, 1.82) is 0 Å². The van der Waals surface area contributed by atoms with E-state index in [9.17, 15) is 4.79 Å². The Morgan fingerprint density at radius 3 is 2.12 bits per heavy atom. The number of unbranched alkanes of at least 4 members (excludes halogenated alkanes) is 2. The standard InChI is InChI=1S/C19H31N3O4/c1-5-6-7-8-21-9-11-22(12-10-21)19(23)20-15-13-16(24-2)18(26-4)17(14-15)25-3/h13-14H,5-12H2,1-4H3,(H,20,23). The summed E-state index contributed by atoms with van der Waals surface area (Å²) in [5.74, 6) is 1.54. The van der Waals surface area contributed by atoms with Gasteiger partial charge in [0, 0.05) is 38.3 Å². The quantitative estimate of drug-likeness (QED) is 0.718. The van der Waals surface area contributed by atoms with Gasteiger partial charge in [0.1, 0.15) is 0 Å². The minimum absolute atomic E-state index is 0.104. The van der Waals surface area contributed by atoms with Crippen LogP contribution in [0, 0.1) is 0 Å². The van der Waals surface area contributed by atoms with Crippen LogP contribution in [0.15, 0.2) is 12.1 Å². The topological polar surface area (TPSA) is 63.3 Å². The second-order valence-corrected chi connectivity index (χ2v) is 6.38. The van der Waals surface area contributed by atoms with E-state index in [1.807, 2.05) is 4.90 Å². The van der Waals surface area contributed by atoms with E-state index >= 15 is 0 Å². The van der Waals surface area contributed by atoms with Gasteiger partial charge in [-0.3, -0.25) is 4.90 Å². The van der Waals surface area contributed by atoms with Gasteiger partial charge in [-0.05, 0) is 13.0 Å². The van der Waals surface area contributed by atoms with E-state index in [0.29, 0.717) is 22.9 Å². The summed E-state index contributed by atoms with van der Waals surface area (Å²) in [6, 6.07) is 3.37. The van der Waals surface area contributed by atoms with Crippen molar-refractivity contribution in [3.05, 3.63) is 12.1 Å². The fourth-order valence-corrected chi connectivity index (χ4v) is 3.12. The number of hydrogen-bond donors (Lipinski definition) is 1. The number of rotatable bonds is 8. The van der Waals surface area contributed by atoms with Crippen LogP contribution in [0.5, 0.6) is 17.2 Å². The monoisotopic (exact) mass is 365 g/mol. The van der Waals surface area contributed by atoms with Gasteiger partial charge in [-0.15, -0.1) is 0 Å². The summed E-state index contributed by atoms with van der Waals surface area (Å²) >= 11 is 0. The van der Waals surface area contributed by atoms with Gasteiger partial charge in [0.05, 0.1) is 27.0 Å². The molecule has 1 saturated heterocycles. The largest absolute Gasteiger partial charge is 0.493 e. The number of carbonyl (C=O) groups excluding carboxylic acids is 1. The Kier molecular flexibility index (Phi) is 7.84. The first-order chi connectivity index (χ1) is 12.6. The summed E-state index contributed by atoms with van der Waals surface area (Å²) in [5.41, 5.74) is 0.620. The van der Waals surface area contributed by atoms with E-state index in [-0.39, 0.29) is 6.03 Å². The van der Waals surface area contributed by atoms with Crippen molar-refractivity contribution in [3.8, 4) is 17.2 Å². The van der Waals surface area contributed by atoms with Gasteiger partial charge < -0.3 is 24.4 Å². The lowest BCUT2D eigenvalue weighted by molar-refractivity contribution is 0.146. The van der Waals surface area contributed by atoms with Crippen LogP contribution in [-0.2, 0) is 0 Å². The molecule has 0 aliphatic carbocycles. The number of nitrogens with one attached hydrogen (secondary N) is 1. The Bertz CT molecular complexity index is 561. The van der Waals surface area contributed by atoms with Crippen LogP contribution in [-0.4, -0.2) is 69.9 Å². The number of urea groups is 1. The van der Waals surface area contributed by atoms with Crippen LogP contribution in [0.3, 0.4) is 0 Å². The molecule has 1 aliphatic heterocycles. The SMILES string of the molecule is CCCCCN1CCN(C(=O)Nc2cc(OC)c(OC)c(OC)c2)CC1. The van der Waals surface area contributed by atoms with Gasteiger partial charge in [0.15, 0.2) is 11.5 Å². The third-order valence-corrected chi connectivity index (χ3v) is 4.65. The molecule has 1 heterocycles. The maximum Gasteiger partial charge on any atom is 0.321 e. The molecule has 0 aromatic heterocycles. The van der Waals surface area contributed by atoms with Gasteiger partial charge in [0.2, 0.25) is 5.75 Å². The number of amides is 2. The van der Waals surface area contributed by atoms with E-state index in [1.54, 1.807) is 33.5 Å². The molecular formula is C19H31N3O4. The van der Waals surface area contributed by atoms with Crippen molar-refractivity contribution >= 4 is 11.7 Å². The first kappa shape index (κ1) is 20.2. The molecule has 0 bridgehead atoms. The van der Waals surface area contributed by atoms with Gasteiger partial charge in [-0.2, -0.15) is 0 Å². The highest BCUT2D eigenvalue weighted by molar-refractivity contribution is 5.90. The zero-order valence-corrected chi connectivity index (χ0v) is 16.3. The Labute approximate surface area is 156 Å². The number of piperazine rings is 1. The number of methoxy groups -OCH3 is 3. The molecule has 0 saturated carbocycles. The number of anilines is 1. The average Bonchev–Trinajstić information content (AvgIpc) is 2.67. The number of nitrogens with zero attached hydrogens (tertiary/aromatic N) is 2. The number of carbonyl (C=O) groups is 1. The highest BCUT2D eigenvalue weighted by Crippen LogP contribution is 2.39. The van der Waals surface area contributed by atoms with E-state index in [0.717, 1.165) is 32.7 Å². The molecule has 146 valence electrons. The molecule has 1 aliphatic rings. The van der Waals surface area contributed by atoms with Crippen LogP contribution in [0.25, 0.3) is 0 Å². The molecule has 7 nitrogen and oxygen atoms in total. The zero-order chi connectivity index (χ0) is 18.9. The highest BCUT2D eigenvalue weighted by atomic mass is 16.5. The van der Waals surface area contributed by atoms with Crippen LogP contribution in [0.1, 0.15) is 26.2 Å². The summed E-state index contributed by atoms with van der Waals surface area (Å²) < 4.78 is 16.0. The first-order valence-corrected chi connectivity index (χ1v) is 9.21. The molecule has 2 amide bonds. The van der Waals surface area contributed by atoms with E-state index < -0.39 is 0 Å². The Morgan fingerprint density at radius 1 is 1.00 bits per heavy atom. The van der Waals surface area contributed by atoms with E-state index in [2.05, 4.69) is 17.1 Å². The average molecular weight is 365 g/mol. The predicted molar refractivity (Wildman–Crippen MR) is 103 cm³/mol. The molecule has 1 fully saturated rings. The van der Waals surface area contributed by atoms with Gasteiger partial charge in [0.25, 0.3) is 0 Å². The molecule has 0 atom stereocenters. The van der Waals surface area contributed by atoms with Crippen LogP contribution < -0.4 is 19.5 Å². The van der Waals surface area contributed by atoms with Crippen molar-refractivity contribution in [3.63, 3.8) is 0 Å². The summed E-state index contributed by atoms with van der Waals surface area (Å²) in [6.07, 6.45) is 3.73. The first-order valence-electron chi connectivity index (χ1n) is 9.21. The van der Waals surface area contributed by atoms with E-state index in [4.69, 9.17) is 14.2 Å². The van der Waals surface area contributed by atoms with Crippen LogP contribution in [0.2, 0.25) is 0 Å². The number of benzene rings is 1. The molecule has 0 unspecified atom stereocenters. The molecule has 7 heteroatoms. The molecule has 1 aromatic rings. The Hall–Kier alpha value is -2.15. The van der Waals surface area contributed by atoms with Crippen molar-refractivity contribution in [2.45, 2.75) is 26.2 Å². The molecule has 0 spiro atoms. The van der Waals surface area contributed by atoms with Gasteiger partial charge >= 0.3 is 6.03 Å². The lowest BCUT2D eigenvalue weighted by Crippen LogP contribution is -2.50. The normalized spacial score (nSPS) is 14.8. The van der Waals surface area contributed by atoms with Crippen LogP contribution in [0.4, 0.5) is 10.5 Å². The van der Waals surface area contributed by atoms with Gasteiger partial charge in [-0.1, -0.05) is 19.8 Å². The molecular weight excluding hydrogens is 334 g/mol. The molecule has 1 N–H and O–H groups in total. The van der Waals surface area contributed by atoms with Gasteiger partial charge in [-0.25, -0.2) is 4.79 Å². The summed E-state index contributed by atoms with van der Waals surface area (Å²) in [6.45, 7) is 6.66. The third-order valence-electron chi connectivity index (χ3n) is 4.65. The van der Waals surface area contributed by atoms with Crippen molar-refractivity contribution in [2.75, 3.05) is 59.4 Å². The highest BCUT2D eigenvalue weighted by Gasteiger charge is 2.22. The number of ether oxygens (including phenoxy) is 3. The molecule has 2 rings (SSSR count). The van der Waals surface area contributed by atoms with E-state index in [1.165, 1.54) is 19.3 Å². The summed E-state index contributed by atoms with van der Waals surface area (Å²) in [4.78, 5) is 16.8. The lowest BCUT2D eigenvalue weighted by Gasteiger charge is -2.34. The lowest BCUT2D eigenvalue weighted by atomic mass is 10.2. The molecule has 26 heavy (non-hydrogen) atoms. The van der Waals surface area contributed by atoms with Crippen LogP contribution >= 0.6 is 0 Å². The molecule has 1 aromatic carbocycles. The smallest absolute Gasteiger partial charge is 0.321 e. The minimum atomic E-state index is -0.104. The Morgan fingerprint density at radius 2 is 1.62 bits per heavy atom. The second kappa shape index (κ2) is 10.1. The fraction of sp³-hybridized carbons (Fsp3) is 0.632. The maximum absolute atomic E-state index is 12.6. The molecule has 0 radical (unpaired) electrons. The Balaban J connectivity index is 1.94. The fourth-order valence-electron chi connectivity index (χ4n) is 3.12. The van der Waals surface area contributed by atoms with Crippen molar-refractivity contribution in [1.82, 2.24) is 9.80 Å². The summed E-state index contributed by atoms with van der Waals surface area (Å²) in [5, 5.41) is 2.93.